The molecule has 49 heavy (non-hydrogen) atoms. The number of benzene rings is 1. The first kappa shape index (κ1) is 44.4. The number of hydrogen-bond donors (Lipinski definition) is 0. The molecule has 1 aliphatic rings. The predicted molar refractivity (Wildman–Crippen MR) is 203 cm³/mol. The van der Waals surface area contributed by atoms with E-state index in [1.807, 2.05) is 30.3 Å². The second kappa shape index (κ2) is 28.8. The number of rotatable bonds is 33. The van der Waals surface area contributed by atoms with E-state index in [2.05, 4.69) is 21.1 Å². The first-order chi connectivity index (χ1) is 23.7. The van der Waals surface area contributed by atoms with E-state index in [9.17, 15) is 9.46 Å². The minimum absolute atomic E-state index is 0.109. The smallest absolute Gasteiger partial charge is 0.267 e. The van der Waals surface area contributed by atoms with Crippen molar-refractivity contribution in [1.82, 2.24) is 0 Å². The van der Waals surface area contributed by atoms with Crippen molar-refractivity contribution in [3.8, 4) is 0 Å². The fourth-order valence-electron chi connectivity index (χ4n) is 6.81. The lowest BCUT2D eigenvalue weighted by molar-refractivity contribution is -0.870. The zero-order valence-corrected chi connectivity index (χ0v) is 33.0. The van der Waals surface area contributed by atoms with Crippen LogP contribution >= 0.6 is 7.82 Å². The van der Waals surface area contributed by atoms with Gasteiger partial charge >= 0.3 is 0 Å². The third kappa shape index (κ3) is 27.5. The van der Waals surface area contributed by atoms with Crippen LogP contribution in [-0.2, 0) is 29.7 Å². The number of phosphoric ester groups is 1. The highest BCUT2D eigenvalue weighted by Crippen LogP contribution is 2.38. The number of unbranched alkanes of at least 4 members (excludes halogenated alkanes) is 16. The third-order valence-electron chi connectivity index (χ3n) is 9.90. The normalized spacial score (nSPS) is 16.2. The van der Waals surface area contributed by atoms with Gasteiger partial charge in [0.05, 0.1) is 54.1 Å². The summed E-state index contributed by atoms with van der Waals surface area (Å²) < 4.78 is 35.8. The van der Waals surface area contributed by atoms with Gasteiger partial charge in [0.2, 0.25) is 0 Å². The molecule has 0 N–H and O–H groups in total. The summed E-state index contributed by atoms with van der Waals surface area (Å²) in [7, 11) is 2.33. The van der Waals surface area contributed by atoms with Crippen molar-refractivity contribution >= 4 is 7.82 Å². The number of quaternary nitrogens is 1. The highest BCUT2D eigenvalue weighted by Gasteiger charge is 2.17. The second-order valence-electron chi connectivity index (χ2n) is 15.7. The Morgan fingerprint density at radius 2 is 1.20 bits per heavy atom. The summed E-state index contributed by atoms with van der Waals surface area (Å²) in [6.07, 6.45) is 30.5. The molecule has 1 aromatic carbocycles. The molecule has 2 rings (SSSR count). The monoisotopic (exact) mass is 710 g/mol. The summed E-state index contributed by atoms with van der Waals surface area (Å²) in [4.78, 5) is 12.4. The standard InChI is InChI=1S/C41H76NO6P/c1-42(2,3)33-25-15-11-7-9-13-17-27-35-47-49(43,44)48-38-41(46-36-40-31-23-19-24-32-40)37-45-34-26-16-12-8-5-4-6-10-14-20-28-39-29-21-18-22-30-39/h19,23-24,31-32,39,41H,4-18,20-22,25-30,33-38H2,1-3H3. The molecule has 2 unspecified atom stereocenters. The van der Waals surface area contributed by atoms with Gasteiger partial charge in [0, 0.05) is 6.61 Å². The first-order valence-electron chi connectivity index (χ1n) is 20.4. The maximum Gasteiger partial charge on any atom is 0.267 e. The maximum atomic E-state index is 12.4. The molecule has 0 spiro atoms. The van der Waals surface area contributed by atoms with Crippen molar-refractivity contribution < 1.29 is 32.5 Å². The number of hydrogen-bond acceptors (Lipinski definition) is 6. The van der Waals surface area contributed by atoms with Crippen molar-refractivity contribution in [3.05, 3.63) is 35.9 Å². The Kier molecular flexibility index (Phi) is 26.0. The van der Waals surface area contributed by atoms with Crippen LogP contribution in [0.5, 0.6) is 0 Å². The minimum Gasteiger partial charge on any atom is -0.756 e. The predicted octanol–water partition coefficient (Wildman–Crippen LogP) is 10.8. The molecule has 0 aliphatic heterocycles. The molecule has 2 atom stereocenters. The Hall–Kier alpha value is -0.790. The highest BCUT2D eigenvalue weighted by atomic mass is 31.2. The zero-order valence-electron chi connectivity index (χ0n) is 32.1. The van der Waals surface area contributed by atoms with Crippen LogP contribution in [-0.4, -0.2) is 64.7 Å². The van der Waals surface area contributed by atoms with Crippen LogP contribution in [0, 0.1) is 5.92 Å². The summed E-state index contributed by atoms with van der Waals surface area (Å²) in [6, 6.07) is 9.88. The molecule has 0 saturated heterocycles. The Balaban J connectivity index is 1.49. The van der Waals surface area contributed by atoms with Gasteiger partial charge in [0.25, 0.3) is 7.82 Å². The van der Waals surface area contributed by atoms with Gasteiger partial charge in [-0.25, -0.2) is 0 Å². The lowest BCUT2D eigenvalue weighted by atomic mass is 9.85. The topological polar surface area (TPSA) is 77.1 Å². The van der Waals surface area contributed by atoms with Gasteiger partial charge in [0.15, 0.2) is 0 Å². The number of nitrogens with zero attached hydrogens (tertiary/aromatic N) is 1. The van der Waals surface area contributed by atoms with Gasteiger partial charge in [-0.1, -0.05) is 159 Å². The molecular weight excluding hydrogens is 633 g/mol. The van der Waals surface area contributed by atoms with E-state index in [-0.39, 0.29) is 13.2 Å². The van der Waals surface area contributed by atoms with E-state index in [0.29, 0.717) is 26.2 Å². The third-order valence-corrected chi connectivity index (χ3v) is 10.9. The van der Waals surface area contributed by atoms with Crippen LogP contribution in [0.4, 0.5) is 0 Å². The lowest BCUT2D eigenvalue weighted by Crippen LogP contribution is -2.35. The van der Waals surface area contributed by atoms with E-state index in [1.54, 1.807) is 0 Å². The molecular formula is C41H76NO6P. The Morgan fingerprint density at radius 3 is 1.80 bits per heavy atom. The molecule has 1 aliphatic carbocycles. The van der Waals surface area contributed by atoms with Crippen molar-refractivity contribution in [2.24, 2.45) is 5.92 Å². The molecule has 0 heterocycles. The average Bonchev–Trinajstić information content (AvgIpc) is 3.08. The molecule has 1 saturated carbocycles. The van der Waals surface area contributed by atoms with Crippen LogP contribution in [0.1, 0.15) is 160 Å². The van der Waals surface area contributed by atoms with Gasteiger partial charge in [-0.3, -0.25) is 4.57 Å². The molecule has 286 valence electrons. The fraction of sp³-hybridized carbons (Fsp3) is 0.854. The van der Waals surface area contributed by atoms with Gasteiger partial charge < -0.3 is 27.9 Å². The van der Waals surface area contributed by atoms with Crippen LogP contribution in [0.3, 0.4) is 0 Å². The van der Waals surface area contributed by atoms with Gasteiger partial charge in [0.1, 0.15) is 6.10 Å². The minimum atomic E-state index is -4.39. The largest absolute Gasteiger partial charge is 0.756 e. The van der Waals surface area contributed by atoms with Crippen LogP contribution in [0.25, 0.3) is 0 Å². The van der Waals surface area contributed by atoms with Crippen molar-refractivity contribution in [2.45, 2.75) is 167 Å². The van der Waals surface area contributed by atoms with E-state index in [1.165, 1.54) is 129 Å². The van der Waals surface area contributed by atoms with E-state index < -0.39 is 13.9 Å². The van der Waals surface area contributed by atoms with E-state index in [4.69, 9.17) is 18.5 Å². The quantitative estimate of drug-likeness (QED) is 0.0411. The summed E-state index contributed by atoms with van der Waals surface area (Å²) in [5.41, 5.74) is 1.03. The van der Waals surface area contributed by atoms with E-state index >= 15 is 0 Å². The summed E-state index contributed by atoms with van der Waals surface area (Å²) >= 11 is 0. The van der Waals surface area contributed by atoms with Crippen molar-refractivity contribution in [2.75, 3.05) is 54.1 Å². The van der Waals surface area contributed by atoms with Crippen LogP contribution in [0.2, 0.25) is 0 Å². The van der Waals surface area contributed by atoms with Crippen molar-refractivity contribution in [1.29, 1.82) is 0 Å². The highest BCUT2D eigenvalue weighted by molar-refractivity contribution is 7.45. The van der Waals surface area contributed by atoms with Crippen LogP contribution in [0.15, 0.2) is 30.3 Å². The Morgan fingerprint density at radius 1 is 0.673 bits per heavy atom. The van der Waals surface area contributed by atoms with Crippen LogP contribution < -0.4 is 4.89 Å². The molecule has 1 fully saturated rings. The molecule has 0 aromatic heterocycles. The molecule has 1 aromatic rings. The molecule has 0 radical (unpaired) electrons. The van der Waals surface area contributed by atoms with Crippen molar-refractivity contribution in [3.63, 3.8) is 0 Å². The fourth-order valence-corrected chi connectivity index (χ4v) is 7.59. The van der Waals surface area contributed by atoms with Gasteiger partial charge in [-0.2, -0.15) is 0 Å². The summed E-state index contributed by atoms with van der Waals surface area (Å²) in [6.45, 7) is 2.59. The van der Waals surface area contributed by atoms with E-state index in [0.717, 1.165) is 41.6 Å². The maximum absolute atomic E-state index is 12.4. The molecule has 7 nitrogen and oxygen atoms in total. The molecule has 0 bridgehead atoms. The van der Waals surface area contributed by atoms with Gasteiger partial charge in [-0.05, 0) is 37.2 Å². The number of phosphoric acid groups is 1. The first-order valence-corrected chi connectivity index (χ1v) is 21.8. The SMILES string of the molecule is C[N+](C)(C)CCCCCCCCCCOP(=O)([O-])OCC(COCCCCCCCCCCCCC1CCCCC1)OCc1ccccc1. The Labute approximate surface area is 302 Å². The summed E-state index contributed by atoms with van der Waals surface area (Å²) in [5, 5.41) is 0. The summed E-state index contributed by atoms with van der Waals surface area (Å²) in [5.74, 6) is 1.03. The average molecular weight is 710 g/mol. The zero-order chi connectivity index (χ0) is 35.3. The second-order valence-corrected chi connectivity index (χ2v) is 17.2. The molecule has 8 heteroatoms. The molecule has 0 amide bonds. The van der Waals surface area contributed by atoms with Gasteiger partial charge in [-0.15, -0.1) is 0 Å². The lowest BCUT2D eigenvalue weighted by Gasteiger charge is -2.26. The Bertz CT molecular complexity index is 920. The number of ether oxygens (including phenoxy) is 2.